The monoisotopic (exact) mass is 1240 g/mol. The summed E-state index contributed by atoms with van der Waals surface area (Å²) in [6.07, 6.45) is 0. The average molecular weight is 1240 g/mol. The van der Waals surface area contributed by atoms with Gasteiger partial charge in [0.25, 0.3) is 6.71 Å². The van der Waals surface area contributed by atoms with Crippen LogP contribution in [0.2, 0.25) is 0 Å². The molecule has 3 aromatic heterocycles. The highest BCUT2D eigenvalue weighted by atomic mass is 15.2. The first-order chi connectivity index (χ1) is 48.7. The van der Waals surface area contributed by atoms with Crippen molar-refractivity contribution in [1.82, 2.24) is 13.7 Å². The van der Waals surface area contributed by atoms with Gasteiger partial charge in [-0.3, -0.25) is 0 Å². The van der Waals surface area contributed by atoms with E-state index < -0.39 is 0 Å². The van der Waals surface area contributed by atoms with Crippen molar-refractivity contribution in [2.75, 3.05) is 9.80 Å². The number of para-hydroxylation sites is 8. The molecule has 0 saturated carbocycles. The molecule has 0 amide bonds. The molecule has 0 atom stereocenters. The summed E-state index contributed by atoms with van der Waals surface area (Å²) in [6, 6.07) is 132. The van der Waals surface area contributed by atoms with E-state index in [0.29, 0.717) is 0 Å². The van der Waals surface area contributed by atoms with Crippen molar-refractivity contribution in [2.24, 2.45) is 0 Å². The molecule has 0 radical (unpaired) electrons. The van der Waals surface area contributed by atoms with Crippen molar-refractivity contribution in [2.45, 2.75) is 0 Å². The second-order valence-corrected chi connectivity index (χ2v) is 26.2. The summed E-state index contributed by atoms with van der Waals surface area (Å²) in [7, 11) is 0. The molecule has 0 fully saturated rings. The van der Waals surface area contributed by atoms with E-state index in [1.54, 1.807) is 0 Å². The average Bonchev–Trinajstić information content (AvgIpc) is 0.747. The van der Waals surface area contributed by atoms with Crippen LogP contribution in [0, 0.1) is 0 Å². The minimum Gasteiger partial charge on any atom is -0.311 e. The first kappa shape index (κ1) is 54.5. The summed E-state index contributed by atoms with van der Waals surface area (Å²) >= 11 is 0. The molecule has 2 aliphatic heterocycles. The van der Waals surface area contributed by atoms with E-state index in [0.717, 1.165) is 84.3 Å². The van der Waals surface area contributed by atoms with Crippen LogP contribution in [0.15, 0.2) is 352 Å². The summed E-state index contributed by atoms with van der Waals surface area (Å²) in [4.78, 5) is 5.27. The molecule has 6 heteroatoms. The van der Waals surface area contributed by atoms with Gasteiger partial charge in [0, 0.05) is 82.7 Å². The Morgan fingerprint density at radius 1 is 0.204 bits per heavy atom. The molecule has 5 nitrogen and oxygen atoms in total. The Morgan fingerprint density at radius 3 is 0.969 bits per heavy atom. The first-order valence-corrected chi connectivity index (χ1v) is 33.9. The van der Waals surface area contributed by atoms with Crippen LogP contribution >= 0.6 is 0 Å². The molecule has 2 aliphatic rings. The van der Waals surface area contributed by atoms with Gasteiger partial charge >= 0.3 is 0 Å². The van der Waals surface area contributed by atoms with Gasteiger partial charge in [0.05, 0.1) is 55.8 Å². The van der Waals surface area contributed by atoms with Crippen LogP contribution in [0.5, 0.6) is 0 Å². The number of anilines is 6. The summed E-state index contributed by atoms with van der Waals surface area (Å²) < 4.78 is 7.52. The van der Waals surface area contributed by atoms with Gasteiger partial charge in [0.15, 0.2) is 0 Å². The number of aromatic nitrogens is 3. The molecule has 0 unspecified atom stereocenters. The molecule has 454 valence electrons. The molecular formula is C92H58BN5. The summed E-state index contributed by atoms with van der Waals surface area (Å²) in [5.41, 5.74) is 27.7. The minimum atomic E-state index is -0.218. The van der Waals surface area contributed by atoms with Crippen LogP contribution < -0.4 is 26.2 Å². The third-order valence-corrected chi connectivity index (χ3v) is 21.2. The van der Waals surface area contributed by atoms with E-state index in [-0.39, 0.29) is 6.71 Å². The number of hydrogen-bond acceptors (Lipinski definition) is 2. The largest absolute Gasteiger partial charge is 0.311 e. The van der Waals surface area contributed by atoms with Crippen molar-refractivity contribution in [3.63, 3.8) is 0 Å². The maximum absolute atomic E-state index is 2.64. The topological polar surface area (TPSA) is 21.3 Å². The Kier molecular flexibility index (Phi) is 11.8. The molecular weight excluding hydrogens is 1190 g/mol. The van der Waals surface area contributed by atoms with Crippen LogP contribution in [-0.2, 0) is 0 Å². The van der Waals surface area contributed by atoms with Crippen molar-refractivity contribution >= 4 is 144 Å². The van der Waals surface area contributed by atoms with Gasteiger partial charge in [-0.2, -0.15) is 0 Å². The molecule has 98 heavy (non-hydrogen) atoms. The lowest BCUT2D eigenvalue weighted by Crippen LogP contribution is -2.61. The SMILES string of the molecule is c1ccc(-c2ccccc2N2c3cc(-c4c5ccccc5c(-n5c6ccccc6c6ccccc65)c5ccccc45)ccc3B3c4ccc(-n5c6ccccc6c6ccccc65)cc4N(c4ccccc4-c4ccccc4)c4cc(-n5c6ccccc6c6ccccc65)cc2c43)cc1. The highest BCUT2D eigenvalue weighted by Crippen LogP contribution is 2.52. The normalized spacial score (nSPS) is 12.6. The Balaban J connectivity index is 0.906. The standard InChI is InChI=1S/C92H58BN5/c1-3-27-59(28-4-1)64-31-11-19-43-78(64)96-86-55-61(90-72-39-7-9-41-74(72)92(75-42-10-8-40-73(75)90)98-84-49-25-17-37-70(84)71-38-18-26-50-85(71)98)51-53-76(86)93-77-54-52-62(94-80-45-21-13-33-66(80)67-34-14-22-46-81(67)94)56-87(77)97(79-44-20-12-32-65(79)60-29-5-2-6-30-60)89-58-63(57-88(96)91(89)93)95-82-47-23-15-35-68(82)69-36-16-24-48-83(69)95/h1-58H. The Morgan fingerprint density at radius 2 is 0.531 bits per heavy atom. The molecule has 21 rings (SSSR count). The van der Waals surface area contributed by atoms with Gasteiger partial charge < -0.3 is 23.5 Å². The van der Waals surface area contributed by atoms with E-state index in [4.69, 9.17) is 0 Å². The molecule has 0 spiro atoms. The number of rotatable bonds is 8. The quantitative estimate of drug-likeness (QED) is 0.112. The predicted molar refractivity (Wildman–Crippen MR) is 415 cm³/mol. The van der Waals surface area contributed by atoms with Crippen molar-refractivity contribution < 1.29 is 0 Å². The second-order valence-electron chi connectivity index (χ2n) is 26.2. The third-order valence-electron chi connectivity index (χ3n) is 21.2. The number of nitrogens with zero attached hydrogens (tertiary/aromatic N) is 5. The summed E-state index contributed by atoms with van der Waals surface area (Å²) in [6.45, 7) is -0.218. The van der Waals surface area contributed by atoms with Gasteiger partial charge in [-0.1, -0.05) is 273 Å². The molecule has 0 bridgehead atoms. The summed E-state index contributed by atoms with van der Waals surface area (Å²) in [5.74, 6) is 0. The maximum Gasteiger partial charge on any atom is 0.252 e. The van der Waals surface area contributed by atoms with Crippen LogP contribution in [-0.4, -0.2) is 20.4 Å². The smallest absolute Gasteiger partial charge is 0.252 e. The molecule has 19 aromatic rings. The zero-order chi connectivity index (χ0) is 64.1. The second kappa shape index (κ2) is 21.3. The lowest BCUT2D eigenvalue weighted by molar-refractivity contribution is 1.15. The Labute approximate surface area is 566 Å². The van der Waals surface area contributed by atoms with Crippen LogP contribution in [0.1, 0.15) is 0 Å². The van der Waals surface area contributed by atoms with Gasteiger partial charge in [-0.25, -0.2) is 0 Å². The fourth-order valence-corrected chi connectivity index (χ4v) is 17.2. The van der Waals surface area contributed by atoms with Gasteiger partial charge in [0.1, 0.15) is 0 Å². The Bertz CT molecular complexity index is 6320. The van der Waals surface area contributed by atoms with E-state index in [2.05, 4.69) is 375 Å². The van der Waals surface area contributed by atoms with Gasteiger partial charge in [-0.05, 0) is 128 Å². The van der Waals surface area contributed by atoms with Crippen LogP contribution in [0.25, 0.3) is 137 Å². The molecule has 0 saturated heterocycles. The highest BCUT2D eigenvalue weighted by molar-refractivity contribution is 7.00. The summed E-state index contributed by atoms with van der Waals surface area (Å²) in [5, 5.41) is 12.1. The van der Waals surface area contributed by atoms with E-state index in [9.17, 15) is 0 Å². The lowest BCUT2D eigenvalue weighted by atomic mass is 9.33. The molecule has 0 N–H and O–H groups in total. The third kappa shape index (κ3) is 7.85. The van der Waals surface area contributed by atoms with Crippen molar-refractivity contribution in [1.29, 1.82) is 0 Å². The van der Waals surface area contributed by atoms with Crippen LogP contribution in [0.4, 0.5) is 34.1 Å². The fraction of sp³-hybridized carbons (Fsp3) is 0. The predicted octanol–water partition coefficient (Wildman–Crippen LogP) is 22.4. The lowest BCUT2D eigenvalue weighted by Gasteiger charge is -2.45. The number of fused-ring (bicyclic) bond motifs is 15. The molecule has 5 heterocycles. The van der Waals surface area contributed by atoms with Crippen LogP contribution in [0.3, 0.4) is 0 Å². The Hall–Kier alpha value is -12.9. The number of benzene rings is 16. The zero-order valence-electron chi connectivity index (χ0n) is 53.3. The van der Waals surface area contributed by atoms with Crippen molar-refractivity contribution in [3.05, 3.63) is 352 Å². The number of hydrogen-bond donors (Lipinski definition) is 0. The van der Waals surface area contributed by atoms with E-state index in [1.165, 1.54) is 104 Å². The minimum absolute atomic E-state index is 0.218. The molecule has 16 aromatic carbocycles. The van der Waals surface area contributed by atoms with Crippen molar-refractivity contribution in [3.8, 4) is 50.4 Å². The fourth-order valence-electron chi connectivity index (χ4n) is 17.2. The van der Waals surface area contributed by atoms with Gasteiger partial charge in [-0.15, -0.1) is 0 Å². The maximum atomic E-state index is 2.64. The zero-order valence-corrected chi connectivity index (χ0v) is 53.3. The van der Waals surface area contributed by atoms with E-state index >= 15 is 0 Å². The first-order valence-electron chi connectivity index (χ1n) is 33.9. The van der Waals surface area contributed by atoms with Gasteiger partial charge in [0.2, 0.25) is 0 Å². The highest BCUT2D eigenvalue weighted by Gasteiger charge is 2.45. The van der Waals surface area contributed by atoms with E-state index in [1.807, 2.05) is 0 Å². The molecule has 0 aliphatic carbocycles.